The third kappa shape index (κ3) is 25.7. The van der Waals surface area contributed by atoms with Gasteiger partial charge >= 0.3 is 61.0 Å². The van der Waals surface area contributed by atoms with Crippen molar-refractivity contribution >= 4 is 71.0 Å². The summed E-state index contributed by atoms with van der Waals surface area (Å²) in [7, 11) is 1.23. The van der Waals surface area contributed by atoms with E-state index in [2.05, 4.69) is 76.1 Å². The molecule has 15 atom stereocenters. The summed E-state index contributed by atoms with van der Waals surface area (Å²) in [4.78, 5) is 140. The minimum atomic E-state index is -4.38. The second-order valence-corrected chi connectivity index (χ2v) is 40.3. The van der Waals surface area contributed by atoms with Crippen LogP contribution in [0.1, 0.15) is 241 Å². The Morgan fingerprint density at radius 1 is 0.327 bits per heavy atom. The summed E-state index contributed by atoms with van der Waals surface area (Å²) in [5, 5.41) is 18.2. The van der Waals surface area contributed by atoms with Gasteiger partial charge in [0, 0.05) is 113 Å². The van der Waals surface area contributed by atoms with Gasteiger partial charge in [-0.2, -0.15) is 76.1 Å². The number of nitrogens with zero attached hydrogens (tertiary/aromatic N) is 15. The Hall–Kier alpha value is -14.2. The fraction of sp³-hybridized carbons (Fsp3) is 0.458. The molecule has 5 unspecified atom stereocenters. The molecular weight excluding hydrogens is 1980 g/mol. The van der Waals surface area contributed by atoms with Crippen molar-refractivity contribution in [3.05, 3.63) is 271 Å². The molecule has 0 bridgehead atoms. The molecule has 0 radical (unpaired) electrons. The van der Waals surface area contributed by atoms with Gasteiger partial charge in [-0.15, -0.1) is 0 Å². The van der Waals surface area contributed by atoms with Gasteiger partial charge in [-0.1, -0.05) is 98.4 Å². The molecule has 150 heavy (non-hydrogen) atoms. The number of aryl methyl sites for hydroxylation is 5. The number of amides is 9. The highest BCUT2D eigenvalue weighted by molar-refractivity contribution is 6.03. The summed E-state index contributed by atoms with van der Waals surface area (Å²) in [6.45, 7) is 16.7. The zero-order valence-corrected chi connectivity index (χ0v) is 82.4. The highest BCUT2D eigenvalue weighted by atomic mass is 19.4. The van der Waals surface area contributed by atoms with Gasteiger partial charge in [0.2, 0.25) is 17.7 Å². The molecule has 5 aliphatic heterocycles. The number of esters is 1. The number of carbonyl (C=O) groups excluding carboxylic acids is 8. The van der Waals surface area contributed by atoms with Crippen LogP contribution in [-0.4, -0.2) is 195 Å². The van der Waals surface area contributed by atoms with Gasteiger partial charge < -0.3 is 34.6 Å². The number of methoxy groups -OCH3 is 1. The first-order valence-electron chi connectivity index (χ1n) is 49.1. The average Bonchev–Trinajstić information content (AvgIpc) is 1.63. The third-order valence-corrected chi connectivity index (χ3v) is 30.2. The molecule has 796 valence electrons. The molecule has 20 rings (SSSR count). The normalized spacial score (nSPS) is 23.3. The maximum atomic E-state index is 13.4. The van der Waals surface area contributed by atoms with Gasteiger partial charge in [-0.05, 0) is 271 Å². The van der Waals surface area contributed by atoms with E-state index in [9.17, 15) is 104 Å². The van der Waals surface area contributed by atoms with E-state index < -0.39 is 64.7 Å². The van der Waals surface area contributed by atoms with Crippen molar-refractivity contribution in [3.8, 4) is 0 Å². The van der Waals surface area contributed by atoms with Crippen molar-refractivity contribution in [2.45, 2.75) is 181 Å². The molecule has 5 aromatic heterocycles. The summed E-state index contributed by atoms with van der Waals surface area (Å²) in [5.41, 5.74) is 3.30. The lowest BCUT2D eigenvalue weighted by molar-refractivity contribution is -0.139. The molecule has 9 amide bonds. The number of urea groups is 4. The fourth-order valence-electron chi connectivity index (χ4n) is 23.8. The Morgan fingerprint density at radius 3 is 0.880 bits per heavy atom. The number of ether oxygens (including phenoxy) is 1. The Morgan fingerprint density at radius 2 is 0.593 bits per heavy atom. The number of hydrogen-bond donors (Lipinski definition) is 4. The minimum Gasteiger partial charge on any atom is -0.464 e. The fourth-order valence-corrected chi connectivity index (χ4v) is 23.8. The van der Waals surface area contributed by atoms with E-state index in [1.54, 1.807) is 92.1 Å². The Balaban J connectivity index is 0.000000140. The van der Waals surface area contributed by atoms with Crippen molar-refractivity contribution in [1.82, 2.24) is 74.6 Å². The second-order valence-electron chi connectivity index (χ2n) is 40.3. The maximum absolute atomic E-state index is 13.4. The van der Waals surface area contributed by atoms with Crippen LogP contribution in [0.5, 0.6) is 0 Å². The van der Waals surface area contributed by atoms with Gasteiger partial charge in [0.15, 0.2) is 23.1 Å². The topological polar surface area (TPSA) is 339 Å². The minimum absolute atomic E-state index is 0. The van der Waals surface area contributed by atoms with Crippen molar-refractivity contribution in [2.24, 2.45) is 59.2 Å². The standard InChI is InChI=1S/C22H22F3N3O3.2C21H21F3N4O2.2C21H23F3N4O.CH4/c1-12-7-18(21(30)31-2)27-19(26-12)20(29)28-10-14-8-13(9-15(14)11-28)16-5-3-4-6-17(16)22(23,24)25;1-12(29)17-8-25-26-9-19(17)27-20(30)28-10-14-6-13(7-15(14)11-28)16-4-2-3-5-18(16)21(22,23)24;1-12(29)18-19(26-7-6-25-18)27-20(30)28-10-14-8-13(9-15(14)11-28)16-4-2-3-5-17(16)21(22,23)24;2*1-12-7-13(2)26-19(25-12)27-20(29)28-10-15-8-14(9-16(15)11-28)17-5-3-4-6-18(17)21(22,23)24;/h3-7,13-15H,8-11H2,1-2H3;2-5,8-9,13-15H,6-7,10-11H2,1H3,(H,25,27,30);2-7,13-15H,8-11H2,1H3,(H,26,27,30);2*3-7,14-16H,8-11H2,1-2H3,(H,25,26,27,29);1H4/t3*13?,14-,15+;2*14?,15-,16+;. The Kier molecular flexibility index (Phi) is 33.2. The number of nitrogens with one attached hydrogen (secondary N) is 4. The Labute approximate surface area is 855 Å². The van der Waals surface area contributed by atoms with Gasteiger partial charge in [-0.3, -0.25) is 30.3 Å². The molecule has 10 aliphatic rings. The van der Waals surface area contributed by atoms with Crippen LogP contribution in [0.3, 0.4) is 0 Å². The number of ketones is 2. The SMILES string of the molecule is C.CC(=O)c1cnncc1NC(=O)N1C[C@H]2CC(c3ccccc3C(F)(F)F)C[C@H]2C1.CC(=O)c1nccnc1NC(=O)N1C[C@H]2CC(c3ccccc3C(F)(F)F)C[C@H]2C1.COC(=O)c1cc(C)nc(C(=O)N2C[C@H]3CC(c4ccccc4C(F)(F)F)C[C@H]3C2)n1.Cc1cc(C)nc(NC(=O)N2C[C@H]3CC(c4ccccc4C(F)(F)F)C[C@H]3C2)n1.Cc1cc(C)nc(NC(=O)N2C[C@H]3CC(c4ccccc4C(F)(F)F)C[C@H]3C2)n1. The smallest absolute Gasteiger partial charge is 0.416 e. The molecule has 0 spiro atoms. The first-order valence-corrected chi connectivity index (χ1v) is 49.1. The Bertz CT molecular complexity index is 6230. The number of Topliss-reactive ketones (excluding diaryl/α,β-unsaturated/α-hetero) is 2. The number of likely N-dealkylation sites (tertiary alicyclic amines) is 5. The zero-order chi connectivity index (χ0) is 107. The van der Waals surface area contributed by atoms with E-state index >= 15 is 0 Å². The summed E-state index contributed by atoms with van der Waals surface area (Å²) < 4.78 is 205. The van der Waals surface area contributed by atoms with Crippen molar-refractivity contribution in [1.29, 1.82) is 0 Å². The van der Waals surface area contributed by atoms with Gasteiger partial charge in [-0.25, -0.2) is 63.8 Å². The number of alkyl halides is 15. The zero-order valence-electron chi connectivity index (χ0n) is 82.4. The van der Waals surface area contributed by atoms with E-state index in [0.717, 1.165) is 53.1 Å². The molecular formula is C107H114F15N19O9. The lowest BCUT2D eigenvalue weighted by atomic mass is 9.91. The largest absolute Gasteiger partial charge is 0.464 e. The molecule has 4 N–H and O–H groups in total. The first-order chi connectivity index (χ1) is 70.5. The highest BCUT2D eigenvalue weighted by Crippen LogP contribution is 2.56. The monoisotopic (exact) mass is 2090 g/mol. The molecule has 10 fully saturated rings. The van der Waals surface area contributed by atoms with Gasteiger partial charge in [0.05, 0.1) is 58.6 Å². The number of carbonyl (C=O) groups is 8. The maximum Gasteiger partial charge on any atom is 0.416 e. The van der Waals surface area contributed by atoms with Crippen molar-refractivity contribution in [3.63, 3.8) is 0 Å². The van der Waals surface area contributed by atoms with Crippen LogP contribution in [-0.2, 0) is 35.6 Å². The van der Waals surface area contributed by atoms with Crippen LogP contribution < -0.4 is 21.3 Å². The van der Waals surface area contributed by atoms with Crippen LogP contribution in [0.2, 0.25) is 0 Å². The molecule has 5 aromatic carbocycles. The van der Waals surface area contributed by atoms with Crippen molar-refractivity contribution < 1.29 is 109 Å². The molecule has 10 aromatic rings. The van der Waals surface area contributed by atoms with Crippen LogP contribution in [0.15, 0.2) is 164 Å². The summed E-state index contributed by atoms with van der Waals surface area (Å²) in [5.74, 6) is 0.0431. The predicted molar refractivity (Wildman–Crippen MR) is 522 cm³/mol. The number of benzene rings is 5. The molecule has 10 heterocycles. The van der Waals surface area contributed by atoms with Gasteiger partial charge in [0.25, 0.3) is 5.91 Å². The van der Waals surface area contributed by atoms with Crippen LogP contribution in [0.4, 0.5) is 108 Å². The molecule has 5 aliphatic carbocycles. The van der Waals surface area contributed by atoms with Gasteiger partial charge in [0.1, 0.15) is 5.69 Å². The summed E-state index contributed by atoms with van der Waals surface area (Å²) in [6.07, 6.45) is -10.0. The summed E-state index contributed by atoms with van der Waals surface area (Å²) in [6, 6.07) is 32.9. The van der Waals surface area contributed by atoms with E-state index in [1.807, 2.05) is 39.8 Å². The molecule has 43 heteroatoms. The number of halogens is 15. The van der Waals surface area contributed by atoms with Crippen LogP contribution in [0, 0.1) is 93.8 Å². The summed E-state index contributed by atoms with van der Waals surface area (Å²) >= 11 is 0. The van der Waals surface area contributed by atoms with Crippen LogP contribution in [0.25, 0.3) is 0 Å². The number of fused-ring (bicyclic) bond motifs is 5. The number of anilines is 4. The first kappa shape index (κ1) is 110. The van der Waals surface area contributed by atoms with E-state index in [-0.39, 0.29) is 178 Å². The lowest BCUT2D eigenvalue weighted by Crippen LogP contribution is -2.34. The van der Waals surface area contributed by atoms with E-state index in [4.69, 9.17) is 0 Å². The molecule has 5 saturated heterocycles. The second kappa shape index (κ2) is 45.3. The quantitative estimate of drug-likeness (QED) is 0.0473. The van der Waals surface area contributed by atoms with Crippen molar-refractivity contribution in [2.75, 3.05) is 93.8 Å². The molecule has 5 saturated carbocycles. The predicted octanol–water partition coefficient (Wildman–Crippen LogP) is 22.7. The molecule has 28 nitrogen and oxygen atoms in total. The van der Waals surface area contributed by atoms with E-state index in [1.165, 1.54) is 82.1 Å². The number of aromatic nitrogens is 10. The lowest BCUT2D eigenvalue weighted by Gasteiger charge is -2.22. The number of hydrogen-bond acceptors (Lipinski definition) is 19. The highest BCUT2D eigenvalue weighted by Gasteiger charge is 2.53. The van der Waals surface area contributed by atoms with E-state index in [0.29, 0.717) is 169 Å². The van der Waals surface area contributed by atoms with Crippen LogP contribution >= 0.6 is 0 Å². The number of rotatable bonds is 13. The third-order valence-electron chi connectivity index (χ3n) is 30.2. The average molecular weight is 2100 g/mol.